The van der Waals surface area contributed by atoms with Crippen molar-refractivity contribution >= 4 is 32.7 Å². The van der Waals surface area contributed by atoms with E-state index >= 15 is 0 Å². The maximum absolute atomic E-state index is 14.6. The van der Waals surface area contributed by atoms with Gasteiger partial charge < -0.3 is 19.3 Å². The molecular formula is C29H25F4N3O4S. The molecule has 3 aliphatic rings. The summed E-state index contributed by atoms with van der Waals surface area (Å²) in [6.45, 7) is 0.102. The second kappa shape index (κ2) is 9.80. The van der Waals surface area contributed by atoms with Crippen LogP contribution in [0.1, 0.15) is 71.7 Å². The first-order chi connectivity index (χ1) is 19.7. The van der Waals surface area contributed by atoms with Gasteiger partial charge in [-0.15, -0.1) is 0 Å². The lowest BCUT2D eigenvalue weighted by atomic mass is 9.98. The molecular weight excluding hydrogens is 562 g/mol. The summed E-state index contributed by atoms with van der Waals surface area (Å²) in [6, 6.07) is 8.04. The zero-order chi connectivity index (χ0) is 28.5. The van der Waals surface area contributed by atoms with Crippen LogP contribution in [0.15, 0.2) is 40.9 Å². The van der Waals surface area contributed by atoms with Crippen molar-refractivity contribution < 1.29 is 36.7 Å². The van der Waals surface area contributed by atoms with Gasteiger partial charge in [0.1, 0.15) is 17.0 Å². The topological polar surface area (TPSA) is 88.7 Å². The van der Waals surface area contributed by atoms with E-state index in [2.05, 4.69) is 15.0 Å². The molecule has 0 amide bonds. The fraction of sp³-hybridized carbons (Fsp3) is 0.414. The molecule has 2 bridgehead atoms. The summed E-state index contributed by atoms with van der Waals surface area (Å²) in [5.74, 6) is -1.10. The van der Waals surface area contributed by atoms with Gasteiger partial charge in [-0.2, -0.15) is 13.2 Å². The number of carbonyl (C=O) groups is 1. The van der Waals surface area contributed by atoms with Crippen LogP contribution >= 0.6 is 11.3 Å². The molecule has 2 aliphatic heterocycles. The van der Waals surface area contributed by atoms with Crippen LogP contribution < -0.4 is 4.90 Å². The van der Waals surface area contributed by atoms with E-state index in [-0.39, 0.29) is 53.0 Å². The molecule has 1 aliphatic carbocycles. The third-order valence-corrected chi connectivity index (χ3v) is 9.33. The number of carboxylic acids is 1. The molecule has 3 fully saturated rings. The third kappa shape index (κ3) is 4.76. The molecule has 1 N–H and O–H groups in total. The zero-order valence-corrected chi connectivity index (χ0v) is 22.5. The minimum atomic E-state index is -4.53. The van der Waals surface area contributed by atoms with Crippen LogP contribution in [0.2, 0.25) is 0 Å². The normalized spacial score (nSPS) is 22.5. The van der Waals surface area contributed by atoms with Crippen LogP contribution in [0.25, 0.3) is 21.5 Å². The molecule has 12 heteroatoms. The van der Waals surface area contributed by atoms with Gasteiger partial charge in [-0.05, 0) is 56.7 Å². The molecule has 2 aromatic carbocycles. The Kier molecular flexibility index (Phi) is 6.31. The van der Waals surface area contributed by atoms with E-state index in [0.717, 1.165) is 37.8 Å². The van der Waals surface area contributed by atoms with Gasteiger partial charge in [-0.3, -0.25) is 0 Å². The number of aromatic nitrogens is 2. The number of hydrogen-bond acceptors (Lipinski definition) is 7. The van der Waals surface area contributed by atoms with E-state index in [4.69, 9.17) is 9.26 Å². The average molecular weight is 588 g/mol. The number of hydrogen-bond donors (Lipinski definition) is 1. The molecule has 0 spiro atoms. The SMILES string of the molecule is O=C(O)c1cc(F)c2nc(N3[C@@H]4CC[C@H]3C[C@H](OCc3c(-c5ccccc5C(F)(F)F)noc3C3CC3)C4)sc2c1. The smallest absolute Gasteiger partial charge is 0.417 e. The molecule has 2 saturated heterocycles. The van der Waals surface area contributed by atoms with Crippen LogP contribution in [-0.4, -0.2) is 39.4 Å². The van der Waals surface area contributed by atoms with Crippen molar-refractivity contribution in [2.45, 2.75) is 75.4 Å². The second-order valence-electron chi connectivity index (χ2n) is 11.0. The first kappa shape index (κ1) is 26.4. The van der Waals surface area contributed by atoms with Crippen molar-refractivity contribution in [3.8, 4) is 11.3 Å². The highest BCUT2D eigenvalue weighted by Gasteiger charge is 2.43. The van der Waals surface area contributed by atoms with E-state index in [1.54, 1.807) is 6.07 Å². The zero-order valence-electron chi connectivity index (χ0n) is 21.7. The summed E-state index contributed by atoms with van der Waals surface area (Å²) < 4.78 is 68.4. The summed E-state index contributed by atoms with van der Waals surface area (Å²) in [6.07, 6.45) is 0.354. The van der Waals surface area contributed by atoms with Gasteiger partial charge in [0.15, 0.2) is 10.9 Å². The number of fused-ring (bicyclic) bond motifs is 3. The van der Waals surface area contributed by atoms with Crippen LogP contribution in [-0.2, 0) is 17.5 Å². The van der Waals surface area contributed by atoms with Crippen LogP contribution in [0.4, 0.5) is 22.7 Å². The number of ether oxygens (including phenoxy) is 1. The number of aromatic carboxylic acids is 1. The summed E-state index contributed by atoms with van der Waals surface area (Å²) in [5.41, 5.74) is 0.0351. The Bertz CT molecular complexity index is 1630. The Labute approximate surface area is 235 Å². The lowest BCUT2D eigenvalue weighted by Crippen LogP contribution is -2.45. The molecule has 4 aromatic rings. The van der Waals surface area contributed by atoms with Crippen molar-refractivity contribution in [3.05, 3.63) is 64.7 Å². The molecule has 0 radical (unpaired) electrons. The molecule has 7 rings (SSSR count). The lowest BCUT2D eigenvalue weighted by Gasteiger charge is -2.38. The number of carboxylic acid groups (broad SMARTS) is 1. The molecule has 41 heavy (non-hydrogen) atoms. The van der Waals surface area contributed by atoms with Crippen molar-refractivity contribution in [1.82, 2.24) is 10.1 Å². The van der Waals surface area contributed by atoms with Gasteiger partial charge in [0.25, 0.3) is 0 Å². The summed E-state index contributed by atoms with van der Waals surface area (Å²) in [7, 11) is 0. The lowest BCUT2D eigenvalue weighted by molar-refractivity contribution is -0.137. The monoisotopic (exact) mass is 587 g/mol. The predicted octanol–water partition coefficient (Wildman–Crippen LogP) is 7.40. The molecule has 214 valence electrons. The Hall–Kier alpha value is -3.51. The summed E-state index contributed by atoms with van der Waals surface area (Å²) in [5, 5.41) is 14.0. The number of piperidine rings is 1. The number of halogens is 4. The second-order valence-corrected chi connectivity index (χ2v) is 12.0. The number of anilines is 1. The molecule has 3 atom stereocenters. The maximum atomic E-state index is 14.6. The number of alkyl halides is 3. The number of benzene rings is 2. The predicted molar refractivity (Wildman–Crippen MR) is 143 cm³/mol. The van der Waals surface area contributed by atoms with Crippen LogP contribution in [0, 0.1) is 5.82 Å². The standard InChI is InChI=1S/C29H25F4N3O4S/c30-22-9-15(27(37)38)10-23-25(22)34-28(41-23)36-16-7-8-17(36)12-18(11-16)39-13-20-24(35-40-26(20)14-5-6-14)19-3-1-2-4-21(19)29(31,32)33/h1-4,9-10,14,16-18H,5-8,11-13H2,(H,37,38)/t16-,17+,18-. The molecule has 4 heterocycles. The molecule has 1 saturated carbocycles. The Morgan fingerprint density at radius 3 is 2.54 bits per heavy atom. The third-order valence-electron chi connectivity index (χ3n) is 8.31. The number of thiazole rings is 1. The van der Waals surface area contributed by atoms with E-state index in [9.17, 15) is 27.5 Å². The van der Waals surface area contributed by atoms with E-state index in [1.165, 1.54) is 29.5 Å². The maximum Gasteiger partial charge on any atom is 0.417 e. The van der Waals surface area contributed by atoms with Gasteiger partial charge in [0, 0.05) is 29.1 Å². The van der Waals surface area contributed by atoms with Crippen LogP contribution in [0.5, 0.6) is 0 Å². The first-order valence-corrected chi connectivity index (χ1v) is 14.4. The fourth-order valence-corrected chi connectivity index (χ4v) is 7.43. The van der Waals surface area contributed by atoms with Gasteiger partial charge in [-0.25, -0.2) is 14.2 Å². The van der Waals surface area contributed by atoms with Crippen LogP contribution in [0.3, 0.4) is 0 Å². The van der Waals surface area contributed by atoms with E-state index in [0.29, 0.717) is 34.0 Å². The number of rotatable bonds is 7. The molecule has 2 aromatic heterocycles. The van der Waals surface area contributed by atoms with Gasteiger partial charge in [-0.1, -0.05) is 34.7 Å². The van der Waals surface area contributed by atoms with Gasteiger partial charge >= 0.3 is 12.1 Å². The molecule has 7 nitrogen and oxygen atoms in total. The highest BCUT2D eigenvalue weighted by molar-refractivity contribution is 7.22. The number of nitrogens with zero attached hydrogens (tertiary/aromatic N) is 3. The van der Waals surface area contributed by atoms with Crippen molar-refractivity contribution in [3.63, 3.8) is 0 Å². The van der Waals surface area contributed by atoms with E-state index < -0.39 is 23.5 Å². The highest BCUT2D eigenvalue weighted by Crippen LogP contribution is 2.47. The van der Waals surface area contributed by atoms with Crippen molar-refractivity contribution in [2.75, 3.05) is 4.90 Å². The fourth-order valence-electron chi connectivity index (χ4n) is 6.26. The Morgan fingerprint density at radius 1 is 1.12 bits per heavy atom. The van der Waals surface area contributed by atoms with Crippen molar-refractivity contribution in [1.29, 1.82) is 0 Å². The Morgan fingerprint density at radius 2 is 1.85 bits per heavy atom. The summed E-state index contributed by atoms with van der Waals surface area (Å²) in [4.78, 5) is 18.1. The van der Waals surface area contributed by atoms with Gasteiger partial charge in [0.2, 0.25) is 0 Å². The van der Waals surface area contributed by atoms with Crippen molar-refractivity contribution in [2.24, 2.45) is 0 Å². The quantitative estimate of drug-likeness (QED) is 0.225. The Balaban J connectivity index is 1.11. The first-order valence-electron chi connectivity index (χ1n) is 13.6. The van der Waals surface area contributed by atoms with Gasteiger partial charge in [0.05, 0.1) is 28.5 Å². The average Bonchev–Trinajstić information content (AvgIpc) is 3.44. The van der Waals surface area contributed by atoms with E-state index in [1.807, 2.05) is 0 Å². The largest absolute Gasteiger partial charge is 0.478 e. The summed E-state index contributed by atoms with van der Waals surface area (Å²) >= 11 is 1.28. The molecule has 0 unspecified atom stereocenters. The highest BCUT2D eigenvalue weighted by atomic mass is 32.1. The minimum Gasteiger partial charge on any atom is -0.478 e. The minimum absolute atomic E-state index is 0.0155.